The van der Waals surface area contributed by atoms with Crippen molar-refractivity contribution in [3.05, 3.63) is 35.6 Å². The van der Waals surface area contributed by atoms with E-state index in [0.717, 1.165) is 0 Å². The van der Waals surface area contributed by atoms with Crippen molar-refractivity contribution in [3.8, 4) is 0 Å². The molecule has 2 rings (SSSR count). The van der Waals surface area contributed by atoms with E-state index in [4.69, 9.17) is 0 Å². The first-order chi connectivity index (χ1) is 8.08. The van der Waals surface area contributed by atoms with Gasteiger partial charge in [0.2, 0.25) is 5.91 Å². The number of benzene rings is 1. The Morgan fingerprint density at radius 1 is 1.47 bits per heavy atom. The van der Waals surface area contributed by atoms with Crippen LogP contribution in [0.25, 0.3) is 0 Å². The molecule has 0 bridgehead atoms. The maximum Gasteiger partial charge on any atom is 0.223 e. The molecule has 0 N–H and O–H groups in total. The first-order valence-corrected chi connectivity index (χ1v) is 5.63. The molecule has 17 heavy (non-hydrogen) atoms. The second-order valence-electron chi connectivity index (χ2n) is 4.49. The first-order valence-electron chi connectivity index (χ1n) is 5.63. The van der Waals surface area contributed by atoms with Gasteiger partial charge in [0.15, 0.2) is 5.78 Å². The first kappa shape index (κ1) is 11.8. The Hall–Kier alpha value is -1.71. The van der Waals surface area contributed by atoms with Crippen LogP contribution in [0.1, 0.15) is 23.7 Å². The molecule has 3 nitrogen and oxygen atoms in total. The van der Waals surface area contributed by atoms with Gasteiger partial charge in [0.05, 0.1) is 12.1 Å². The summed E-state index contributed by atoms with van der Waals surface area (Å²) in [5.41, 5.74) is 0.0554. The average Bonchev–Trinajstić information content (AvgIpc) is 2.58. The molecule has 1 amide bonds. The topological polar surface area (TPSA) is 37.4 Å². The zero-order valence-electron chi connectivity index (χ0n) is 9.65. The standard InChI is InChI=1S/C13H14FNO2/c1-9-6-13(17)15(7-9)8-12(16)10-4-2-3-5-11(10)14/h2-5,9H,6-8H2,1H3. The number of nitrogens with zero attached hydrogens (tertiary/aromatic N) is 1. The number of hydrogen-bond acceptors (Lipinski definition) is 2. The van der Waals surface area contributed by atoms with E-state index in [1.807, 2.05) is 6.92 Å². The predicted molar refractivity (Wildman–Crippen MR) is 61.1 cm³/mol. The molecule has 1 aliphatic rings. The van der Waals surface area contributed by atoms with Gasteiger partial charge in [-0.15, -0.1) is 0 Å². The van der Waals surface area contributed by atoms with Crippen LogP contribution in [0, 0.1) is 11.7 Å². The van der Waals surface area contributed by atoms with Gasteiger partial charge in [-0.3, -0.25) is 9.59 Å². The Kier molecular flexibility index (Phi) is 3.22. The minimum Gasteiger partial charge on any atom is -0.335 e. The van der Waals surface area contributed by atoms with Crippen LogP contribution in [0.2, 0.25) is 0 Å². The number of carbonyl (C=O) groups excluding carboxylic acids is 2. The second kappa shape index (κ2) is 4.65. The molecule has 0 radical (unpaired) electrons. The SMILES string of the molecule is CC1CC(=O)N(CC(=O)c2ccccc2F)C1. The minimum absolute atomic E-state index is 0.0237. The monoisotopic (exact) mass is 235 g/mol. The van der Waals surface area contributed by atoms with E-state index in [1.54, 1.807) is 6.07 Å². The molecule has 90 valence electrons. The molecule has 1 unspecified atom stereocenters. The van der Waals surface area contributed by atoms with Gasteiger partial charge in [0, 0.05) is 13.0 Å². The van der Waals surface area contributed by atoms with Crippen LogP contribution in [-0.4, -0.2) is 29.7 Å². The summed E-state index contributed by atoms with van der Waals surface area (Å²) in [5.74, 6) is -0.624. The summed E-state index contributed by atoms with van der Waals surface area (Å²) in [5, 5.41) is 0. The Morgan fingerprint density at radius 2 is 2.18 bits per heavy atom. The van der Waals surface area contributed by atoms with Gasteiger partial charge < -0.3 is 4.90 Å². The summed E-state index contributed by atoms with van der Waals surface area (Å²) < 4.78 is 13.4. The predicted octanol–water partition coefficient (Wildman–Crippen LogP) is 1.88. The molecular formula is C13H14FNO2. The van der Waals surface area contributed by atoms with Gasteiger partial charge in [0.1, 0.15) is 5.82 Å². The number of carbonyl (C=O) groups is 2. The van der Waals surface area contributed by atoms with Crippen molar-refractivity contribution in [1.82, 2.24) is 4.90 Å². The maximum atomic E-state index is 13.4. The van der Waals surface area contributed by atoms with E-state index < -0.39 is 5.82 Å². The summed E-state index contributed by atoms with van der Waals surface area (Å²) in [6, 6.07) is 5.85. The highest BCUT2D eigenvalue weighted by Crippen LogP contribution is 2.17. The van der Waals surface area contributed by atoms with Crippen LogP contribution >= 0.6 is 0 Å². The summed E-state index contributed by atoms with van der Waals surface area (Å²) in [6.07, 6.45) is 0.477. The molecule has 0 aliphatic carbocycles. The smallest absolute Gasteiger partial charge is 0.223 e. The molecule has 1 aromatic rings. The van der Waals surface area contributed by atoms with Crippen LogP contribution in [0.3, 0.4) is 0 Å². The molecule has 1 heterocycles. The van der Waals surface area contributed by atoms with Crippen molar-refractivity contribution in [2.24, 2.45) is 5.92 Å². The normalized spacial score (nSPS) is 19.8. The largest absolute Gasteiger partial charge is 0.335 e. The van der Waals surface area contributed by atoms with Crippen LogP contribution in [0.4, 0.5) is 4.39 Å². The zero-order valence-corrected chi connectivity index (χ0v) is 9.65. The lowest BCUT2D eigenvalue weighted by atomic mass is 10.1. The third-order valence-electron chi connectivity index (χ3n) is 2.92. The van der Waals surface area contributed by atoms with Crippen LogP contribution in [0.5, 0.6) is 0 Å². The van der Waals surface area contributed by atoms with E-state index >= 15 is 0 Å². The molecule has 4 heteroatoms. The maximum absolute atomic E-state index is 13.4. The third kappa shape index (κ3) is 2.52. The van der Waals surface area contributed by atoms with Crippen LogP contribution in [0.15, 0.2) is 24.3 Å². The van der Waals surface area contributed by atoms with Crippen LogP contribution in [-0.2, 0) is 4.79 Å². The number of ketones is 1. The van der Waals surface area contributed by atoms with E-state index in [9.17, 15) is 14.0 Å². The lowest BCUT2D eigenvalue weighted by Gasteiger charge is -2.15. The molecule has 1 saturated heterocycles. The fraction of sp³-hybridized carbons (Fsp3) is 0.385. The van der Waals surface area contributed by atoms with Gasteiger partial charge in [-0.05, 0) is 18.1 Å². The van der Waals surface area contributed by atoms with Crippen molar-refractivity contribution in [1.29, 1.82) is 0 Å². The van der Waals surface area contributed by atoms with Gasteiger partial charge in [-0.2, -0.15) is 0 Å². The molecular weight excluding hydrogens is 221 g/mol. The highest BCUT2D eigenvalue weighted by Gasteiger charge is 2.28. The van der Waals surface area contributed by atoms with E-state index in [1.165, 1.54) is 23.1 Å². The van der Waals surface area contributed by atoms with Gasteiger partial charge >= 0.3 is 0 Å². The van der Waals surface area contributed by atoms with Crippen molar-refractivity contribution < 1.29 is 14.0 Å². The average molecular weight is 235 g/mol. The van der Waals surface area contributed by atoms with Gasteiger partial charge in [-0.25, -0.2) is 4.39 Å². The summed E-state index contributed by atoms with van der Waals surface area (Å²) in [7, 11) is 0. The van der Waals surface area contributed by atoms with Crippen molar-refractivity contribution >= 4 is 11.7 Å². The quantitative estimate of drug-likeness (QED) is 0.750. The Bertz CT molecular complexity index is 458. The van der Waals surface area contributed by atoms with Crippen LogP contribution < -0.4 is 0 Å². The fourth-order valence-electron chi connectivity index (χ4n) is 2.07. The third-order valence-corrected chi connectivity index (χ3v) is 2.92. The molecule has 1 atom stereocenters. The van der Waals surface area contributed by atoms with Gasteiger partial charge in [-0.1, -0.05) is 19.1 Å². The molecule has 1 aromatic carbocycles. The Morgan fingerprint density at radius 3 is 2.76 bits per heavy atom. The number of halogens is 1. The Balaban J connectivity index is 2.08. The molecule has 0 saturated carbocycles. The van der Waals surface area contributed by atoms with Crippen molar-refractivity contribution in [3.63, 3.8) is 0 Å². The van der Waals surface area contributed by atoms with Gasteiger partial charge in [0.25, 0.3) is 0 Å². The summed E-state index contributed by atoms with van der Waals surface area (Å²) in [4.78, 5) is 24.9. The Labute approximate surface area is 99.2 Å². The lowest BCUT2D eigenvalue weighted by Crippen LogP contribution is -2.31. The second-order valence-corrected chi connectivity index (χ2v) is 4.49. The fourth-order valence-corrected chi connectivity index (χ4v) is 2.07. The number of Topliss-reactive ketones (excluding diaryl/α,β-unsaturated/α-hetero) is 1. The number of rotatable bonds is 3. The number of hydrogen-bond donors (Lipinski definition) is 0. The van der Waals surface area contributed by atoms with Crippen molar-refractivity contribution in [2.75, 3.05) is 13.1 Å². The number of amides is 1. The molecule has 0 spiro atoms. The summed E-state index contributed by atoms with van der Waals surface area (Å²) >= 11 is 0. The van der Waals surface area contributed by atoms with E-state index in [0.29, 0.717) is 13.0 Å². The highest BCUT2D eigenvalue weighted by molar-refractivity contribution is 5.99. The lowest BCUT2D eigenvalue weighted by molar-refractivity contribution is -0.127. The van der Waals surface area contributed by atoms with E-state index in [-0.39, 0.29) is 29.7 Å². The molecule has 1 fully saturated rings. The van der Waals surface area contributed by atoms with Crippen molar-refractivity contribution in [2.45, 2.75) is 13.3 Å². The highest BCUT2D eigenvalue weighted by atomic mass is 19.1. The zero-order chi connectivity index (χ0) is 12.4. The minimum atomic E-state index is -0.530. The molecule has 1 aliphatic heterocycles. The molecule has 0 aromatic heterocycles. The summed E-state index contributed by atoms with van der Waals surface area (Å²) in [6.45, 7) is 2.52. The van der Waals surface area contributed by atoms with E-state index in [2.05, 4.69) is 0 Å². The number of likely N-dealkylation sites (tertiary alicyclic amines) is 1.